The van der Waals surface area contributed by atoms with Gasteiger partial charge in [-0.2, -0.15) is 0 Å². The number of aromatic nitrogens is 3. The fourth-order valence-electron chi connectivity index (χ4n) is 3.29. The fraction of sp³-hybridized carbons (Fsp3) is 0.368. The minimum atomic E-state index is -0.0710. The number of aryl methyl sites for hydroxylation is 2. The summed E-state index contributed by atoms with van der Waals surface area (Å²) in [6.45, 7) is 6.43. The van der Waals surface area contributed by atoms with Crippen LogP contribution in [0.15, 0.2) is 41.2 Å². The first kappa shape index (κ1) is 15.9. The Labute approximate surface area is 146 Å². The third kappa shape index (κ3) is 3.17. The van der Waals surface area contributed by atoms with Crippen molar-refractivity contribution in [2.24, 2.45) is 0 Å². The number of rotatable bonds is 5. The summed E-state index contributed by atoms with van der Waals surface area (Å²) in [6, 6.07) is 11.7. The first-order chi connectivity index (χ1) is 12.1. The molecule has 0 aliphatic carbocycles. The maximum Gasteiger partial charge on any atom is 0.272 e. The van der Waals surface area contributed by atoms with Crippen molar-refractivity contribution in [1.29, 1.82) is 0 Å². The van der Waals surface area contributed by atoms with Gasteiger partial charge in [0.1, 0.15) is 11.9 Å². The molecule has 0 radical (unpaired) electrons. The van der Waals surface area contributed by atoms with E-state index in [2.05, 4.69) is 28.0 Å². The van der Waals surface area contributed by atoms with Gasteiger partial charge in [0.15, 0.2) is 5.65 Å². The highest BCUT2D eigenvalue weighted by Gasteiger charge is 2.29. The predicted octanol–water partition coefficient (Wildman–Crippen LogP) is 2.16. The molecular weight excluding hydrogens is 316 g/mol. The SMILES string of the molecule is CCc1ccccc1OC1CN(Cc2cc(=O)n3[nH]c(C)cc3n2)C1. The Morgan fingerprint density at radius 1 is 1.28 bits per heavy atom. The summed E-state index contributed by atoms with van der Waals surface area (Å²) >= 11 is 0. The van der Waals surface area contributed by atoms with E-state index in [1.807, 2.05) is 31.2 Å². The number of aromatic amines is 1. The van der Waals surface area contributed by atoms with E-state index in [9.17, 15) is 4.79 Å². The number of hydrogen-bond acceptors (Lipinski definition) is 4. The Bertz CT molecular complexity index is 953. The molecule has 3 heterocycles. The Kier molecular flexibility index (Phi) is 4.05. The van der Waals surface area contributed by atoms with Crippen LogP contribution in [0.1, 0.15) is 23.9 Å². The molecule has 1 saturated heterocycles. The van der Waals surface area contributed by atoms with Crippen LogP contribution in [0.5, 0.6) is 5.75 Å². The van der Waals surface area contributed by atoms with Crippen molar-refractivity contribution in [2.75, 3.05) is 13.1 Å². The largest absolute Gasteiger partial charge is 0.487 e. The van der Waals surface area contributed by atoms with Gasteiger partial charge in [0.05, 0.1) is 5.69 Å². The Morgan fingerprint density at radius 2 is 2.08 bits per heavy atom. The first-order valence-corrected chi connectivity index (χ1v) is 8.67. The van der Waals surface area contributed by atoms with E-state index in [1.54, 1.807) is 6.07 Å². The van der Waals surface area contributed by atoms with Gasteiger partial charge in [0.25, 0.3) is 5.56 Å². The molecule has 6 heteroatoms. The van der Waals surface area contributed by atoms with E-state index < -0.39 is 0 Å². The van der Waals surface area contributed by atoms with Crippen LogP contribution in [-0.2, 0) is 13.0 Å². The highest BCUT2D eigenvalue weighted by atomic mass is 16.5. The van der Waals surface area contributed by atoms with E-state index in [0.29, 0.717) is 12.2 Å². The average molecular weight is 338 g/mol. The molecule has 1 fully saturated rings. The number of ether oxygens (including phenoxy) is 1. The molecule has 0 atom stereocenters. The van der Waals surface area contributed by atoms with E-state index in [1.165, 1.54) is 10.1 Å². The zero-order valence-corrected chi connectivity index (χ0v) is 14.5. The van der Waals surface area contributed by atoms with Crippen molar-refractivity contribution in [2.45, 2.75) is 32.9 Å². The molecular formula is C19H22N4O2. The zero-order valence-electron chi connectivity index (χ0n) is 14.5. The van der Waals surface area contributed by atoms with Gasteiger partial charge in [-0.15, -0.1) is 0 Å². The highest BCUT2D eigenvalue weighted by Crippen LogP contribution is 2.23. The minimum absolute atomic E-state index is 0.0710. The molecule has 1 aromatic carbocycles. The second-order valence-electron chi connectivity index (χ2n) is 6.61. The van der Waals surface area contributed by atoms with Crippen LogP contribution in [-0.4, -0.2) is 38.7 Å². The molecule has 1 aliphatic rings. The first-order valence-electron chi connectivity index (χ1n) is 8.67. The number of fused-ring (bicyclic) bond motifs is 1. The summed E-state index contributed by atoms with van der Waals surface area (Å²) in [7, 11) is 0. The number of likely N-dealkylation sites (tertiary alicyclic amines) is 1. The minimum Gasteiger partial charge on any atom is -0.487 e. The van der Waals surface area contributed by atoms with Crippen molar-refractivity contribution in [3.8, 4) is 5.75 Å². The second-order valence-corrected chi connectivity index (χ2v) is 6.61. The van der Waals surface area contributed by atoms with Gasteiger partial charge >= 0.3 is 0 Å². The fourth-order valence-corrected chi connectivity index (χ4v) is 3.29. The lowest BCUT2D eigenvalue weighted by atomic mass is 10.1. The van der Waals surface area contributed by atoms with Crippen LogP contribution in [0, 0.1) is 6.92 Å². The summed E-state index contributed by atoms with van der Waals surface area (Å²) < 4.78 is 7.58. The number of nitrogens with one attached hydrogen (secondary N) is 1. The molecule has 6 nitrogen and oxygen atoms in total. The second kappa shape index (κ2) is 6.37. The standard InChI is InChI=1S/C19H22N4O2/c1-3-14-6-4-5-7-17(14)25-16-11-22(12-16)10-15-9-19(24)23-18(20-15)8-13(2)21-23/h4-9,16,21H,3,10-12H2,1-2H3. The number of H-pyrrole nitrogens is 1. The van der Waals surface area contributed by atoms with Crippen molar-refractivity contribution >= 4 is 5.65 Å². The van der Waals surface area contributed by atoms with Crippen molar-refractivity contribution in [1.82, 2.24) is 19.5 Å². The van der Waals surface area contributed by atoms with Gasteiger partial charge < -0.3 is 4.74 Å². The van der Waals surface area contributed by atoms with Crippen LogP contribution in [0.3, 0.4) is 0 Å². The normalized spacial score (nSPS) is 15.4. The number of para-hydroxylation sites is 1. The van der Waals surface area contributed by atoms with Gasteiger partial charge in [0.2, 0.25) is 0 Å². The van der Waals surface area contributed by atoms with Crippen molar-refractivity contribution < 1.29 is 4.74 Å². The summed E-state index contributed by atoms with van der Waals surface area (Å²) in [6.07, 6.45) is 1.17. The Morgan fingerprint density at radius 3 is 2.88 bits per heavy atom. The molecule has 0 unspecified atom stereocenters. The molecule has 3 aromatic rings. The maximum atomic E-state index is 12.1. The van der Waals surface area contributed by atoms with Gasteiger partial charge in [0, 0.05) is 37.5 Å². The van der Waals surface area contributed by atoms with Gasteiger partial charge in [-0.1, -0.05) is 25.1 Å². The average Bonchev–Trinajstić information content (AvgIpc) is 2.94. The van der Waals surface area contributed by atoms with E-state index in [4.69, 9.17) is 4.74 Å². The highest BCUT2D eigenvalue weighted by molar-refractivity contribution is 5.39. The third-order valence-corrected chi connectivity index (χ3v) is 4.59. The Balaban J connectivity index is 1.39. The van der Waals surface area contributed by atoms with Crippen molar-refractivity contribution in [3.63, 3.8) is 0 Å². The lowest BCUT2D eigenvalue weighted by Crippen LogP contribution is -2.53. The molecule has 4 rings (SSSR count). The van der Waals surface area contributed by atoms with Crippen LogP contribution in [0.2, 0.25) is 0 Å². The van der Waals surface area contributed by atoms with Crippen LogP contribution < -0.4 is 10.3 Å². The van der Waals surface area contributed by atoms with Gasteiger partial charge in [-0.25, -0.2) is 9.50 Å². The zero-order chi connectivity index (χ0) is 17.4. The lowest BCUT2D eigenvalue weighted by Gasteiger charge is -2.39. The molecule has 1 aliphatic heterocycles. The monoisotopic (exact) mass is 338 g/mol. The number of benzene rings is 1. The van der Waals surface area contributed by atoms with Crippen LogP contribution in [0.25, 0.3) is 5.65 Å². The van der Waals surface area contributed by atoms with Gasteiger partial charge in [-0.3, -0.25) is 14.8 Å². The molecule has 0 bridgehead atoms. The molecule has 25 heavy (non-hydrogen) atoms. The Hall–Kier alpha value is -2.60. The van der Waals surface area contributed by atoms with E-state index in [-0.39, 0.29) is 11.7 Å². The summed E-state index contributed by atoms with van der Waals surface area (Å²) in [5.41, 5.74) is 3.57. The smallest absolute Gasteiger partial charge is 0.272 e. The van der Waals surface area contributed by atoms with Crippen LogP contribution >= 0.6 is 0 Å². The van der Waals surface area contributed by atoms with E-state index in [0.717, 1.165) is 36.6 Å². The molecule has 2 aromatic heterocycles. The van der Waals surface area contributed by atoms with E-state index >= 15 is 0 Å². The predicted molar refractivity (Wildman–Crippen MR) is 96.1 cm³/mol. The third-order valence-electron chi connectivity index (χ3n) is 4.59. The molecule has 130 valence electrons. The molecule has 0 spiro atoms. The topological polar surface area (TPSA) is 62.6 Å². The number of nitrogens with zero attached hydrogens (tertiary/aromatic N) is 3. The summed E-state index contributed by atoms with van der Waals surface area (Å²) in [5.74, 6) is 0.982. The van der Waals surface area contributed by atoms with Crippen molar-refractivity contribution in [3.05, 3.63) is 63.7 Å². The summed E-state index contributed by atoms with van der Waals surface area (Å²) in [4.78, 5) is 18.9. The van der Waals surface area contributed by atoms with Crippen LogP contribution in [0.4, 0.5) is 0 Å². The maximum absolute atomic E-state index is 12.1. The quantitative estimate of drug-likeness (QED) is 0.774. The van der Waals surface area contributed by atoms with Gasteiger partial charge in [-0.05, 0) is 25.0 Å². The number of hydrogen-bond donors (Lipinski definition) is 1. The molecule has 0 amide bonds. The lowest BCUT2D eigenvalue weighted by molar-refractivity contribution is 0.0133. The molecule has 0 saturated carbocycles. The summed E-state index contributed by atoms with van der Waals surface area (Å²) in [5, 5.41) is 2.99. The molecule has 1 N–H and O–H groups in total.